The number of esters is 1. The number of nitrogens with zero attached hydrogens (tertiary/aromatic N) is 1. The summed E-state index contributed by atoms with van der Waals surface area (Å²) < 4.78 is 4.93. The minimum absolute atomic E-state index is 0.388. The summed E-state index contributed by atoms with van der Waals surface area (Å²) in [6, 6.07) is 6.96. The lowest BCUT2D eigenvalue weighted by Gasteiger charge is -2.22. The van der Waals surface area contributed by atoms with E-state index in [2.05, 4.69) is 10.6 Å². The van der Waals surface area contributed by atoms with E-state index < -0.39 is 35.9 Å². The number of anilines is 1. The molecular weight excluding hydrogens is 430 g/mol. The van der Waals surface area contributed by atoms with Gasteiger partial charge in [0, 0.05) is 4.88 Å². The van der Waals surface area contributed by atoms with E-state index in [9.17, 15) is 19.2 Å². The molecule has 1 atom stereocenters. The van der Waals surface area contributed by atoms with E-state index in [1.54, 1.807) is 0 Å². The van der Waals surface area contributed by atoms with Gasteiger partial charge in [-0.1, -0.05) is 24.3 Å². The van der Waals surface area contributed by atoms with Gasteiger partial charge in [0.05, 0.1) is 12.7 Å². The quantitative estimate of drug-likeness (QED) is 0.547. The van der Waals surface area contributed by atoms with Crippen LogP contribution in [0.5, 0.6) is 0 Å². The Morgan fingerprint density at radius 1 is 1.19 bits per heavy atom. The van der Waals surface area contributed by atoms with Gasteiger partial charge in [-0.05, 0) is 55.2 Å². The van der Waals surface area contributed by atoms with Crippen LogP contribution in [0, 0.1) is 0 Å². The predicted molar refractivity (Wildman–Crippen MR) is 118 cm³/mol. The summed E-state index contributed by atoms with van der Waals surface area (Å²) in [6.45, 7) is -0.419. The molecular formula is C23H23N3O5S. The zero-order valence-electron chi connectivity index (χ0n) is 17.7. The highest BCUT2D eigenvalue weighted by molar-refractivity contribution is 7.17. The zero-order valence-corrected chi connectivity index (χ0v) is 18.5. The Balaban J connectivity index is 1.37. The molecule has 1 spiro atoms. The van der Waals surface area contributed by atoms with Crippen molar-refractivity contribution in [3.8, 4) is 0 Å². The Kier molecular flexibility index (Phi) is 5.00. The molecule has 1 saturated heterocycles. The fourth-order valence-electron chi connectivity index (χ4n) is 5.01. The number of benzene rings is 1. The van der Waals surface area contributed by atoms with E-state index in [1.807, 2.05) is 24.3 Å². The number of carbonyl (C=O) groups is 4. The third kappa shape index (κ3) is 3.10. The molecule has 166 valence electrons. The number of fused-ring (bicyclic) bond motifs is 3. The van der Waals surface area contributed by atoms with E-state index in [4.69, 9.17) is 4.74 Å². The Bertz CT molecular complexity index is 1160. The van der Waals surface area contributed by atoms with Gasteiger partial charge in [0.15, 0.2) is 0 Å². The highest BCUT2D eigenvalue weighted by atomic mass is 32.1. The Morgan fingerprint density at radius 2 is 1.97 bits per heavy atom. The molecule has 1 aromatic carbocycles. The van der Waals surface area contributed by atoms with Gasteiger partial charge in [-0.25, -0.2) is 9.59 Å². The number of ether oxygens (including phenoxy) is 1. The van der Waals surface area contributed by atoms with Gasteiger partial charge in [-0.2, -0.15) is 0 Å². The topological polar surface area (TPSA) is 105 Å². The van der Waals surface area contributed by atoms with Gasteiger partial charge < -0.3 is 15.4 Å². The average molecular weight is 454 g/mol. The summed E-state index contributed by atoms with van der Waals surface area (Å²) in [6.07, 6.45) is 4.79. The number of imide groups is 1. The van der Waals surface area contributed by atoms with E-state index in [1.165, 1.54) is 18.4 Å². The van der Waals surface area contributed by atoms with Gasteiger partial charge in [-0.3, -0.25) is 14.5 Å². The minimum Gasteiger partial charge on any atom is -0.465 e. The first-order valence-corrected chi connectivity index (χ1v) is 11.5. The van der Waals surface area contributed by atoms with E-state index in [0.29, 0.717) is 23.4 Å². The first-order chi connectivity index (χ1) is 15.4. The van der Waals surface area contributed by atoms with Crippen LogP contribution >= 0.6 is 11.3 Å². The van der Waals surface area contributed by atoms with Crippen molar-refractivity contribution in [3.05, 3.63) is 51.4 Å². The maximum absolute atomic E-state index is 13.3. The SMILES string of the molecule is COC(=O)c1c(NC(=O)CN2C(=O)N[C@@]3(CCc4ccccc43)C2=O)sc2c1CCCC2. The molecule has 8 nitrogen and oxygen atoms in total. The van der Waals surface area contributed by atoms with Crippen molar-refractivity contribution in [2.24, 2.45) is 0 Å². The fourth-order valence-corrected chi connectivity index (χ4v) is 6.31. The molecule has 0 saturated carbocycles. The van der Waals surface area contributed by atoms with Crippen LogP contribution in [0.25, 0.3) is 0 Å². The lowest BCUT2D eigenvalue weighted by atomic mass is 9.92. The third-order valence-electron chi connectivity index (χ3n) is 6.54. The van der Waals surface area contributed by atoms with Crippen molar-refractivity contribution < 1.29 is 23.9 Å². The zero-order chi connectivity index (χ0) is 22.5. The van der Waals surface area contributed by atoms with Crippen LogP contribution in [0.1, 0.15) is 51.2 Å². The summed E-state index contributed by atoms with van der Waals surface area (Å²) >= 11 is 1.37. The monoisotopic (exact) mass is 453 g/mol. The Hall–Kier alpha value is -3.20. The van der Waals surface area contributed by atoms with Crippen LogP contribution in [0.15, 0.2) is 24.3 Å². The molecule has 3 aliphatic rings. The molecule has 1 aromatic heterocycles. The maximum Gasteiger partial charge on any atom is 0.341 e. The number of hydrogen-bond acceptors (Lipinski definition) is 6. The number of hydrogen-bond donors (Lipinski definition) is 2. The van der Waals surface area contributed by atoms with Crippen LogP contribution in [0.4, 0.5) is 9.80 Å². The fraction of sp³-hybridized carbons (Fsp3) is 0.391. The van der Waals surface area contributed by atoms with Crippen molar-refractivity contribution in [1.82, 2.24) is 10.2 Å². The van der Waals surface area contributed by atoms with Gasteiger partial charge in [0.25, 0.3) is 5.91 Å². The smallest absolute Gasteiger partial charge is 0.341 e. The van der Waals surface area contributed by atoms with Crippen molar-refractivity contribution in [2.45, 2.75) is 44.1 Å². The van der Waals surface area contributed by atoms with Crippen molar-refractivity contribution in [2.75, 3.05) is 19.0 Å². The van der Waals surface area contributed by atoms with Gasteiger partial charge in [0.2, 0.25) is 5.91 Å². The lowest BCUT2D eigenvalue weighted by molar-refractivity contribution is -0.134. The number of carbonyl (C=O) groups excluding carboxylic acids is 4. The molecule has 2 aromatic rings. The molecule has 0 bridgehead atoms. The Morgan fingerprint density at radius 3 is 2.78 bits per heavy atom. The van der Waals surface area contributed by atoms with Crippen LogP contribution in [0.3, 0.4) is 0 Å². The second kappa shape index (κ2) is 7.74. The second-order valence-corrected chi connectivity index (χ2v) is 9.44. The van der Waals surface area contributed by atoms with Crippen molar-refractivity contribution in [1.29, 1.82) is 0 Å². The highest BCUT2D eigenvalue weighted by Gasteiger charge is 2.55. The number of urea groups is 1. The molecule has 2 heterocycles. The first kappa shape index (κ1) is 20.7. The van der Waals surface area contributed by atoms with Crippen LogP contribution in [-0.2, 0) is 39.1 Å². The van der Waals surface area contributed by atoms with Gasteiger partial charge >= 0.3 is 12.0 Å². The van der Waals surface area contributed by atoms with E-state index >= 15 is 0 Å². The minimum atomic E-state index is -1.10. The molecule has 2 aliphatic carbocycles. The first-order valence-electron chi connectivity index (χ1n) is 10.7. The third-order valence-corrected chi connectivity index (χ3v) is 7.74. The summed E-state index contributed by atoms with van der Waals surface area (Å²) in [5.74, 6) is -1.43. The van der Waals surface area contributed by atoms with Gasteiger partial charge in [-0.15, -0.1) is 11.3 Å². The largest absolute Gasteiger partial charge is 0.465 e. The molecule has 4 amide bonds. The standard InChI is InChI=1S/C23H23N3O5S/c1-31-20(28)18-14-7-3-5-9-16(14)32-19(18)24-17(27)12-26-21(29)23(25-22(26)30)11-10-13-6-2-4-8-15(13)23/h2,4,6,8H,3,5,7,9-12H2,1H3,(H,24,27)(H,25,30)/t23-/m1/s1. The lowest BCUT2D eigenvalue weighted by Crippen LogP contribution is -2.43. The van der Waals surface area contributed by atoms with Crippen LogP contribution in [0.2, 0.25) is 0 Å². The van der Waals surface area contributed by atoms with Gasteiger partial charge in [0.1, 0.15) is 17.1 Å². The van der Waals surface area contributed by atoms with E-state index in [0.717, 1.165) is 52.2 Å². The number of nitrogens with one attached hydrogen (secondary N) is 2. The molecule has 2 N–H and O–H groups in total. The molecule has 0 unspecified atom stereocenters. The van der Waals surface area contributed by atoms with Crippen molar-refractivity contribution in [3.63, 3.8) is 0 Å². The summed E-state index contributed by atoms with van der Waals surface area (Å²) in [5, 5.41) is 5.99. The highest BCUT2D eigenvalue weighted by Crippen LogP contribution is 2.41. The molecule has 0 radical (unpaired) electrons. The molecule has 32 heavy (non-hydrogen) atoms. The normalized spacial score (nSPS) is 21.3. The van der Waals surface area contributed by atoms with Crippen molar-refractivity contribution >= 4 is 40.2 Å². The number of amides is 4. The molecule has 9 heteroatoms. The summed E-state index contributed by atoms with van der Waals surface area (Å²) in [7, 11) is 1.31. The number of thiophene rings is 1. The van der Waals surface area contributed by atoms with E-state index in [-0.39, 0.29) is 0 Å². The maximum atomic E-state index is 13.3. The number of rotatable bonds is 4. The second-order valence-electron chi connectivity index (χ2n) is 8.34. The van der Waals surface area contributed by atoms with Crippen LogP contribution < -0.4 is 10.6 Å². The summed E-state index contributed by atoms with van der Waals surface area (Å²) in [4.78, 5) is 53.2. The molecule has 5 rings (SSSR count). The average Bonchev–Trinajstić information content (AvgIpc) is 3.42. The number of aryl methyl sites for hydroxylation is 2. The predicted octanol–water partition coefficient (Wildman–Crippen LogP) is 2.75. The molecule has 1 fully saturated rings. The number of methoxy groups -OCH3 is 1. The molecule has 1 aliphatic heterocycles. The Labute approximate surface area is 188 Å². The summed E-state index contributed by atoms with van der Waals surface area (Å²) in [5.41, 5.74) is 2.03. The van der Waals surface area contributed by atoms with Crippen LogP contribution in [-0.4, -0.2) is 42.4 Å².